The molecule has 0 aliphatic rings. The van der Waals surface area contributed by atoms with Gasteiger partial charge in [0, 0.05) is 7.05 Å². The largest absolute Gasteiger partial charge is 0.396 e. The van der Waals surface area contributed by atoms with Crippen LogP contribution in [0.25, 0.3) is 0 Å². The van der Waals surface area contributed by atoms with Gasteiger partial charge in [-0.1, -0.05) is 12.1 Å². The molecule has 4 nitrogen and oxygen atoms in total. The van der Waals surface area contributed by atoms with Crippen molar-refractivity contribution < 1.29 is 12.8 Å². The maximum Gasteiger partial charge on any atom is 0.264 e. The number of nitrogens with zero attached hydrogens (tertiary/aromatic N) is 1. The van der Waals surface area contributed by atoms with Crippen molar-refractivity contribution in [1.29, 1.82) is 0 Å². The van der Waals surface area contributed by atoms with Gasteiger partial charge in [0.05, 0.1) is 16.3 Å². The van der Waals surface area contributed by atoms with Crippen molar-refractivity contribution in [2.45, 2.75) is 18.7 Å². The molecule has 0 aromatic heterocycles. The van der Waals surface area contributed by atoms with Crippen LogP contribution in [0.2, 0.25) is 0 Å². The van der Waals surface area contributed by atoms with E-state index in [0.29, 0.717) is 11.3 Å². The predicted octanol–water partition coefficient (Wildman–Crippen LogP) is 2.85. The molecule has 0 aliphatic heterocycles. The standard InChI is InChI=1S/C15H17FN2O2S/c1-10-5-4-6-12(7-10)18(3)21(19,20)15-9-14(17)13(16)8-11(15)2/h4-9H,17H2,1-3H3. The molecule has 2 aromatic carbocycles. The molecule has 0 bridgehead atoms. The second-order valence-corrected chi connectivity index (χ2v) is 6.89. The second kappa shape index (κ2) is 5.37. The summed E-state index contributed by atoms with van der Waals surface area (Å²) in [6.07, 6.45) is 0. The zero-order chi connectivity index (χ0) is 15.8. The van der Waals surface area contributed by atoms with Crippen LogP contribution in [0, 0.1) is 19.7 Å². The molecule has 0 unspecified atom stereocenters. The van der Waals surface area contributed by atoms with Crippen molar-refractivity contribution in [3.8, 4) is 0 Å². The Labute approximate surface area is 124 Å². The Hall–Kier alpha value is -2.08. The molecule has 112 valence electrons. The lowest BCUT2D eigenvalue weighted by Crippen LogP contribution is -2.27. The zero-order valence-corrected chi connectivity index (χ0v) is 12.9. The Morgan fingerprint density at radius 1 is 1.14 bits per heavy atom. The van der Waals surface area contributed by atoms with Gasteiger partial charge in [-0.15, -0.1) is 0 Å². The van der Waals surface area contributed by atoms with Gasteiger partial charge in [-0.25, -0.2) is 12.8 Å². The van der Waals surface area contributed by atoms with Crippen LogP contribution < -0.4 is 10.0 Å². The molecular weight excluding hydrogens is 291 g/mol. The minimum atomic E-state index is -3.79. The molecule has 2 aromatic rings. The van der Waals surface area contributed by atoms with E-state index in [0.717, 1.165) is 17.7 Å². The Morgan fingerprint density at radius 3 is 2.43 bits per heavy atom. The second-order valence-electron chi connectivity index (χ2n) is 4.95. The summed E-state index contributed by atoms with van der Waals surface area (Å²) >= 11 is 0. The molecule has 0 heterocycles. The Balaban J connectivity index is 2.54. The lowest BCUT2D eigenvalue weighted by Gasteiger charge is -2.21. The predicted molar refractivity (Wildman–Crippen MR) is 82.3 cm³/mol. The van der Waals surface area contributed by atoms with Gasteiger partial charge in [0.15, 0.2) is 0 Å². The molecule has 0 amide bonds. The molecular formula is C15H17FN2O2S. The minimum Gasteiger partial charge on any atom is -0.396 e. The van der Waals surface area contributed by atoms with Crippen molar-refractivity contribution in [3.05, 3.63) is 53.3 Å². The van der Waals surface area contributed by atoms with Gasteiger partial charge in [0.25, 0.3) is 10.0 Å². The Kier molecular flexibility index (Phi) is 3.91. The zero-order valence-electron chi connectivity index (χ0n) is 12.1. The molecule has 6 heteroatoms. The molecule has 0 radical (unpaired) electrons. The number of hydrogen-bond donors (Lipinski definition) is 1. The average molecular weight is 308 g/mol. The summed E-state index contributed by atoms with van der Waals surface area (Å²) in [6.45, 7) is 3.42. The number of sulfonamides is 1. The summed E-state index contributed by atoms with van der Waals surface area (Å²) in [5, 5.41) is 0. The van der Waals surface area contributed by atoms with E-state index < -0.39 is 15.8 Å². The monoisotopic (exact) mass is 308 g/mol. The summed E-state index contributed by atoms with van der Waals surface area (Å²) in [5.41, 5.74) is 7.12. The van der Waals surface area contributed by atoms with Gasteiger partial charge in [-0.2, -0.15) is 0 Å². The van der Waals surface area contributed by atoms with Crippen LogP contribution in [0.5, 0.6) is 0 Å². The molecule has 0 saturated carbocycles. The van der Waals surface area contributed by atoms with Gasteiger partial charge in [-0.3, -0.25) is 4.31 Å². The molecule has 0 aliphatic carbocycles. The van der Waals surface area contributed by atoms with E-state index in [1.165, 1.54) is 11.4 Å². The van der Waals surface area contributed by atoms with Crippen LogP contribution in [0.4, 0.5) is 15.8 Å². The number of nitrogens with two attached hydrogens (primary N) is 1. The normalized spacial score (nSPS) is 11.4. The first-order chi connectivity index (χ1) is 9.73. The van der Waals surface area contributed by atoms with Gasteiger partial charge >= 0.3 is 0 Å². The van der Waals surface area contributed by atoms with E-state index in [9.17, 15) is 12.8 Å². The Morgan fingerprint density at radius 2 is 1.81 bits per heavy atom. The quantitative estimate of drug-likeness (QED) is 0.887. The van der Waals surface area contributed by atoms with E-state index in [-0.39, 0.29) is 10.6 Å². The molecule has 0 fully saturated rings. The van der Waals surface area contributed by atoms with Crippen LogP contribution >= 0.6 is 0 Å². The number of benzene rings is 2. The number of nitrogen functional groups attached to an aromatic ring is 1. The molecule has 0 spiro atoms. The number of rotatable bonds is 3. The maximum atomic E-state index is 13.4. The summed E-state index contributed by atoms with van der Waals surface area (Å²) < 4.78 is 39.9. The van der Waals surface area contributed by atoms with E-state index in [1.807, 2.05) is 13.0 Å². The summed E-state index contributed by atoms with van der Waals surface area (Å²) in [6, 6.07) is 9.42. The van der Waals surface area contributed by atoms with Gasteiger partial charge in [0.1, 0.15) is 5.82 Å². The number of anilines is 2. The fraction of sp³-hybridized carbons (Fsp3) is 0.200. The van der Waals surface area contributed by atoms with Gasteiger partial charge in [-0.05, 0) is 49.2 Å². The van der Waals surface area contributed by atoms with Crippen molar-refractivity contribution >= 4 is 21.4 Å². The Bertz CT molecular complexity index is 788. The van der Waals surface area contributed by atoms with Crippen LogP contribution in [0.1, 0.15) is 11.1 Å². The summed E-state index contributed by atoms with van der Waals surface area (Å²) in [4.78, 5) is 0.00501. The van der Waals surface area contributed by atoms with E-state index >= 15 is 0 Å². The SMILES string of the molecule is Cc1cccc(N(C)S(=O)(=O)c2cc(N)c(F)cc2C)c1. The van der Waals surface area contributed by atoms with Crippen molar-refractivity contribution in [1.82, 2.24) is 0 Å². The first-order valence-electron chi connectivity index (χ1n) is 6.34. The third-order valence-corrected chi connectivity index (χ3v) is 5.23. The highest BCUT2D eigenvalue weighted by Crippen LogP contribution is 2.27. The third-order valence-electron chi connectivity index (χ3n) is 3.30. The fourth-order valence-corrected chi connectivity index (χ4v) is 3.48. The maximum absolute atomic E-state index is 13.4. The van der Waals surface area contributed by atoms with E-state index in [2.05, 4.69) is 0 Å². The van der Waals surface area contributed by atoms with E-state index in [1.54, 1.807) is 25.1 Å². The van der Waals surface area contributed by atoms with Crippen LogP contribution in [-0.2, 0) is 10.0 Å². The van der Waals surface area contributed by atoms with Gasteiger partial charge in [0.2, 0.25) is 0 Å². The number of halogens is 1. The fourth-order valence-electron chi connectivity index (χ4n) is 2.06. The van der Waals surface area contributed by atoms with Crippen molar-refractivity contribution in [2.75, 3.05) is 17.1 Å². The van der Waals surface area contributed by atoms with Crippen LogP contribution in [0.3, 0.4) is 0 Å². The van der Waals surface area contributed by atoms with Crippen molar-refractivity contribution in [2.24, 2.45) is 0 Å². The first kappa shape index (κ1) is 15.3. The van der Waals surface area contributed by atoms with E-state index in [4.69, 9.17) is 5.73 Å². The number of aryl methyl sites for hydroxylation is 2. The molecule has 0 atom stereocenters. The molecule has 2 N–H and O–H groups in total. The average Bonchev–Trinajstić information content (AvgIpc) is 2.41. The summed E-state index contributed by atoms with van der Waals surface area (Å²) in [5.74, 6) is -0.621. The first-order valence-corrected chi connectivity index (χ1v) is 7.78. The van der Waals surface area contributed by atoms with Gasteiger partial charge < -0.3 is 5.73 Å². The highest BCUT2D eigenvalue weighted by Gasteiger charge is 2.24. The highest BCUT2D eigenvalue weighted by molar-refractivity contribution is 7.92. The van der Waals surface area contributed by atoms with Crippen molar-refractivity contribution in [3.63, 3.8) is 0 Å². The number of hydrogen-bond acceptors (Lipinski definition) is 3. The molecule has 0 saturated heterocycles. The molecule has 21 heavy (non-hydrogen) atoms. The van der Waals surface area contributed by atoms with Crippen LogP contribution in [-0.4, -0.2) is 15.5 Å². The summed E-state index contributed by atoms with van der Waals surface area (Å²) in [7, 11) is -2.33. The van der Waals surface area contributed by atoms with Crippen LogP contribution in [0.15, 0.2) is 41.3 Å². The lowest BCUT2D eigenvalue weighted by atomic mass is 10.2. The topological polar surface area (TPSA) is 63.4 Å². The third kappa shape index (κ3) is 2.85. The lowest BCUT2D eigenvalue weighted by molar-refractivity contribution is 0.592. The smallest absolute Gasteiger partial charge is 0.264 e. The molecule has 2 rings (SSSR count). The minimum absolute atomic E-state index is 0.00501. The highest BCUT2D eigenvalue weighted by atomic mass is 32.2.